The normalized spacial score (nSPS) is 12.6. The van der Waals surface area contributed by atoms with Gasteiger partial charge >= 0.3 is 12.1 Å². The number of alkyl halides is 3. The second-order valence-electron chi connectivity index (χ2n) is 8.79. The van der Waals surface area contributed by atoms with Gasteiger partial charge in [0, 0.05) is 12.1 Å². The van der Waals surface area contributed by atoms with Crippen LogP contribution in [0.25, 0.3) is 22.3 Å². The lowest BCUT2D eigenvalue weighted by molar-refractivity contribution is -0.137. The highest BCUT2D eigenvalue weighted by molar-refractivity contribution is 5.89. The number of aryl methyl sites for hydroxylation is 1. The minimum atomic E-state index is -4.72. The second-order valence-corrected chi connectivity index (χ2v) is 8.79. The number of halogens is 5. The summed E-state index contributed by atoms with van der Waals surface area (Å²) in [6, 6.07) is 11.6. The molecule has 0 spiro atoms. The van der Waals surface area contributed by atoms with Gasteiger partial charge in [-0.1, -0.05) is 25.1 Å². The first-order chi connectivity index (χ1) is 17.5. The van der Waals surface area contributed by atoms with E-state index < -0.39 is 40.7 Å². The molecule has 192 valence electrons. The van der Waals surface area contributed by atoms with Crippen LogP contribution in [0.3, 0.4) is 0 Å². The molecule has 0 aliphatic carbocycles. The Morgan fingerprint density at radius 2 is 1.76 bits per heavy atom. The fourth-order valence-corrected chi connectivity index (χ4v) is 4.34. The number of aromatic carboxylic acids is 1. The molecule has 3 aromatic carbocycles. The molecular weight excluding hydrogens is 495 g/mol. The molecule has 1 atom stereocenters. The van der Waals surface area contributed by atoms with Crippen molar-refractivity contribution in [3.8, 4) is 11.3 Å². The number of hydrogen-bond acceptors (Lipinski definition) is 3. The average Bonchev–Trinajstić information content (AvgIpc) is 2.83. The highest BCUT2D eigenvalue weighted by Crippen LogP contribution is 2.37. The van der Waals surface area contributed by atoms with Crippen LogP contribution in [0.5, 0.6) is 0 Å². The van der Waals surface area contributed by atoms with Crippen LogP contribution in [0.1, 0.15) is 52.7 Å². The van der Waals surface area contributed by atoms with Gasteiger partial charge in [-0.3, -0.25) is 4.79 Å². The zero-order valence-corrected chi connectivity index (χ0v) is 19.5. The second kappa shape index (κ2) is 10.2. The summed E-state index contributed by atoms with van der Waals surface area (Å²) < 4.78 is 74.4. The van der Waals surface area contributed by atoms with E-state index in [1.54, 1.807) is 25.1 Å². The van der Waals surface area contributed by atoms with Gasteiger partial charge in [0.25, 0.3) is 0 Å². The first kappa shape index (κ1) is 26.1. The van der Waals surface area contributed by atoms with Gasteiger partial charge in [0.05, 0.1) is 22.1 Å². The van der Waals surface area contributed by atoms with Crippen molar-refractivity contribution < 1.29 is 36.3 Å². The van der Waals surface area contributed by atoms with Crippen LogP contribution in [0.2, 0.25) is 0 Å². The molecule has 0 radical (unpaired) electrons. The third kappa shape index (κ3) is 5.55. The van der Waals surface area contributed by atoms with Crippen LogP contribution in [0, 0.1) is 11.6 Å². The van der Waals surface area contributed by atoms with Gasteiger partial charge in [0.2, 0.25) is 0 Å². The first-order valence-electron chi connectivity index (χ1n) is 11.4. The maximum atomic E-state index is 14.4. The molecule has 0 bridgehead atoms. The van der Waals surface area contributed by atoms with E-state index in [2.05, 4.69) is 0 Å². The topological polar surface area (TPSA) is 67.5 Å². The summed E-state index contributed by atoms with van der Waals surface area (Å²) in [7, 11) is 0. The Hall–Kier alpha value is -4.01. The van der Waals surface area contributed by atoms with Crippen molar-refractivity contribution in [2.24, 2.45) is 0 Å². The van der Waals surface area contributed by atoms with E-state index in [1.165, 1.54) is 6.07 Å². The van der Waals surface area contributed by atoms with Crippen LogP contribution < -0.4 is 5.43 Å². The highest BCUT2D eigenvalue weighted by Gasteiger charge is 2.33. The Labute approximate surface area is 208 Å². The monoisotopic (exact) mass is 516 g/mol. The number of carboxylic acid groups (broad SMARTS) is 1. The molecule has 0 unspecified atom stereocenters. The van der Waals surface area contributed by atoms with Gasteiger partial charge in [-0.05, 0) is 66.6 Å². The Kier molecular flexibility index (Phi) is 7.16. The summed E-state index contributed by atoms with van der Waals surface area (Å²) in [6.45, 7) is 1.67. The smallest absolute Gasteiger partial charge is 0.416 e. The SMILES string of the molecule is C[C@@H](CCCc1ccccc1C(=O)O)c1cc(C(F)(F)F)cc2c(=O)cc(-c3ccc(F)cc3F)oc12. The van der Waals surface area contributed by atoms with Crippen molar-refractivity contribution in [1.82, 2.24) is 0 Å². The van der Waals surface area contributed by atoms with E-state index >= 15 is 0 Å². The summed E-state index contributed by atoms with van der Waals surface area (Å²) in [5.74, 6) is -3.66. The van der Waals surface area contributed by atoms with Crippen molar-refractivity contribution >= 4 is 16.9 Å². The van der Waals surface area contributed by atoms with Crippen molar-refractivity contribution in [3.63, 3.8) is 0 Å². The standard InChI is InChI=1S/C28H21F5O4/c1-15(5-4-7-16-6-2-3-8-19(16)27(35)36)21-11-17(28(31,32)33)12-22-24(34)14-25(37-26(21)22)20-10-9-18(29)13-23(20)30/h2-3,6,8-15H,4-5,7H2,1H3,(H,35,36)/t15-/m0/s1. The lowest BCUT2D eigenvalue weighted by atomic mass is 9.90. The minimum absolute atomic E-state index is 0.109. The van der Waals surface area contributed by atoms with E-state index in [0.717, 1.165) is 24.3 Å². The largest absolute Gasteiger partial charge is 0.478 e. The summed E-state index contributed by atoms with van der Waals surface area (Å²) in [5.41, 5.74) is -1.28. The minimum Gasteiger partial charge on any atom is -0.478 e. The van der Waals surface area contributed by atoms with Crippen LogP contribution in [-0.4, -0.2) is 11.1 Å². The maximum absolute atomic E-state index is 14.4. The lowest BCUT2D eigenvalue weighted by Gasteiger charge is -2.18. The Morgan fingerprint density at radius 3 is 2.43 bits per heavy atom. The molecule has 0 saturated carbocycles. The molecule has 9 heteroatoms. The molecule has 1 aromatic heterocycles. The first-order valence-corrected chi connectivity index (χ1v) is 11.4. The molecule has 0 saturated heterocycles. The molecular formula is C28H21F5O4. The van der Waals surface area contributed by atoms with Gasteiger partial charge in [-0.15, -0.1) is 0 Å². The van der Waals surface area contributed by atoms with Crippen molar-refractivity contribution in [2.75, 3.05) is 0 Å². The van der Waals surface area contributed by atoms with E-state index in [0.29, 0.717) is 37.0 Å². The molecule has 0 amide bonds. The zero-order valence-electron chi connectivity index (χ0n) is 19.5. The van der Waals surface area contributed by atoms with Gasteiger partial charge in [0.1, 0.15) is 23.0 Å². The molecule has 4 rings (SSSR count). The van der Waals surface area contributed by atoms with E-state index in [4.69, 9.17) is 4.42 Å². The molecule has 0 fully saturated rings. The van der Waals surface area contributed by atoms with Crippen LogP contribution in [0.15, 0.2) is 69.9 Å². The molecule has 1 N–H and O–H groups in total. The van der Waals surface area contributed by atoms with Crippen molar-refractivity contribution in [3.05, 3.63) is 105 Å². The van der Waals surface area contributed by atoms with Crippen LogP contribution in [-0.2, 0) is 12.6 Å². The van der Waals surface area contributed by atoms with Crippen molar-refractivity contribution in [2.45, 2.75) is 38.3 Å². The van der Waals surface area contributed by atoms with E-state index in [9.17, 15) is 36.6 Å². The van der Waals surface area contributed by atoms with Crippen LogP contribution in [0.4, 0.5) is 22.0 Å². The van der Waals surface area contributed by atoms with E-state index in [1.807, 2.05) is 0 Å². The average molecular weight is 516 g/mol. The van der Waals surface area contributed by atoms with Gasteiger partial charge in [0.15, 0.2) is 5.43 Å². The number of rotatable bonds is 7. The molecule has 37 heavy (non-hydrogen) atoms. The molecule has 4 nitrogen and oxygen atoms in total. The fourth-order valence-electron chi connectivity index (χ4n) is 4.34. The third-order valence-electron chi connectivity index (χ3n) is 6.24. The van der Waals surface area contributed by atoms with Crippen LogP contribution >= 0.6 is 0 Å². The van der Waals surface area contributed by atoms with Gasteiger partial charge in [-0.25, -0.2) is 13.6 Å². The van der Waals surface area contributed by atoms with Gasteiger partial charge < -0.3 is 9.52 Å². The molecule has 0 aliphatic heterocycles. The van der Waals surface area contributed by atoms with Gasteiger partial charge in [-0.2, -0.15) is 13.2 Å². The third-order valence-corrected chi connectivity index (χ3v) is 6.24. The molecule has 0 aliphatic rings. The predicted molar refractivity (Wildman–Crippen MR) is 128 cm³/mol. The lowest BCUT2D eigenvalue weighted by Crippen LogP contribution is -2.11. The maximum Gasteiger partial charge on any atom is 0.416 e. The molecule has 4 aromatic rings. The summed E-state index contributed by atoms with van der Waals surface area (Å²) in [4.78, 5) is 24.3. The van der Waals surface area contributed by atoms with Crippen molar-refractivity contribution in [1.29, 1.82) is 0 Å². The Bertz CT molecular complexity index is 1540. The summed E-state index contributed by atoms with van der Waals surface area (Å²) in [5, 5.41) is 9.06. The zero-order chi connectivity index (χ0) is 26.9. The summed E-state index contributed by atoms with van der Waals surface area (Å²) in [6.07, 6.45) is -3.56. The van der Waals surface area contributed by atoms with E-state index in [-0.39, 0.29) is 33.4 Å². The quantitative estimate of drug-likeness (QED) is 0.257. The summed E-state index contributed by atoms with van der Waals surface area (Å²) >= 11 is 0. The Morgan fingerprint density at radius 1 is 1.03 bits per heavy atom. The number of hydrogen-bond donors (Lipinski definition) is 1. The number of benzene rings is 3. The molecule has 1 heterocycles. The fraction of sp³-hybridized carbons (Fsp3) is 0.214. The number of carbonyl (C=O) groups is 1. The highest BCUT2D eigenvalue weighted by atomic mass is 19.4. The predicted octanol–water partition coefficient (Wildman–Crippen LogP) is 7.58. The number of fused-ring (bicyclic) bond motifs is 1. The Balaban J connectivity index is 1.75. The number of carboxylic acids is 1.